The third-order valence-electron chi connectivity index (χ3n) is 3.75. The van der Waals surface area contributed by atoms with Gasteiger partial charge in [0.05, 0.1) is 19.1 Å². The number of nitrogens with one attached hydrogen (secondary N) is 2. The zero-order valence-electron chi connectivity index (χ0n) is 11.9. The van der Waals surface area contributed by atoms with E-state index in [2.05, 4.69) is 22.7 Å². The largest absolute Gasteiger partial charge is 0.378 e. The van der Waals surface area contributed by atoms with Gasteiger partial charge in [0.25, 0.3) is 0 Å². The van der Waals surface area contributed by atoms with Gasteiger partial charge in [0, 0.05) is 26.2 Å². The highest BCUT2D eigenvalue weighted by Crippen LogP contribution is 2.07. The maximum Gasteiger partial charge on any atom is 0.236 e. The molecule has 2 aliphatic heterocycles. The van der Waals surface area contributed by atoms with E-state index >= 15 is 0 Å². The quantitative estimate of drug-likeness (QED) is 0.700. The zero-order valence-corrected chi connectivity index (χ0v) is 11.9. The molecule has 0 atom stereocenters. The number of hydrazine groups is 1. The number of carbonyl (C=O) groups excluding carboxylic acids is 1. The van der Waals surface area contributed by atoms with Crippen LogP contribution in [0.2, 0.25) is 0 Å². The van der Waals surface area contributed by atoms with E-state index in [4.69, 9.17) is 4.74 Å². The molecule has 2 saturated heterocycles. The highest BCUT2D eigenvalue weighted by molar-refractivity contribution is 5.75. The minimum absolute atomic E-state index is 0.0680. The Hall–Kier alpha value is -0.690. The molecule has 0 radical (unpaired) electrons. The summed E-state index contributed by atoms with van der Waals surface area (Å²) in [5.41, 5.74) is 2.95. The summed E-state index contributed by atoms with van der Waals surface area (Å²) in [4.78, 5) is 14.0. The summed E-state index contributed by atoms with van der Waals surface area (Å²) >= 11 is 0. The summed E-state index contributed by atoms with van der Waals surface area (Å²) < 4.78 is 5.73. The van der Waals surface area contributed by atoms with Gasteiger partial charge in [-0.15, -0.1) is 0 Å². The molecular weight excluding hydrogens is 244 g/mol. The number of amides is 1. The van der Waals surface area contributed by atoms with E-state index in [1.54, 1.807) is 0 Å². The fourth-order valence-electron chi connectivity index (χ4n) is 2.43. The molecule has 0 aliphatic carbocycles. The molecule has 2 fully saturated rings. The Morgan fingerprint density at radius 3 is 2.63 bits per heavy atom. The number of rotatable bonds is 5. The van der Waals surface area contributed by atoms with E-state index in [0.717, 1.165) is 52.1 Å². The predicted molar refractivity (Wildman–Crippen MR) is 73.7 cm³/mol. The van der Waals surface area contributed by atoms with Gasteiger partial charge >= 0.3 is 0 Å². The van der Waals surface area contributed by atoms with E-state index in [1.807, 2.05) is 5.01 Å². The van der Waals surface area contributed by atoms with E-state index in [-0.39, 0.29) is 5.91 Å². The number of piperidine rings is 1. The minimum atomic E-state index is 0.0680. The van der Waals surface area contributed by atoms with Crippen LogP contribution in [0.5, 0.6) is 0 Å². The van der Waals surface area contributed by atoms with Crippen LogP contribution >= 0.6 is 0 Å². The van der Waals surface area contributed by atoms with Crippen molar-refractivity contribution in [2.45, 2.75) is 25.4 Å². The van der Waals surface area contributed by atoms with Crippen LogP contribution in [0.3, 0.4) is 0 Å². The molecule has 2 aliphatic rings. The summed E-state index contributed by atoms with van der Waals surface area (Å²) in [5, 5.41) is 5.31. The van der Waals surface area contributed by atoms with Crippen molar-refractivity contribution in [3.8, 4) is 0 Å². The highest BCUT2D eigenvalue weighted by Gasteiger charge is 2.16. The van der Waals surface area contributed by atoms with Crippen LogP contribution < -0.4 is 10.7 Å². The molecule has 19 heavy (non-hydrogen) atoms. The van der Waals surface area contributed by atoms with Crippen LogP contribution in [-0.2, 0) is 9.53 Å². The van der Waals surface area contributed by atoms with Crippen molar-refractivity contribution in [2.75, 3.05) is 52.9 Å². The molecule has 6 nitrogen and oxygen atoms in total. The summed E-state index contributed by atoms with van der Waals surface area (Å²) in [5.74, 6) is 0.0680. The second-order valence-electron chi connectivity index (χ2n) is 5.40. The fraction of sp³-hybridized carbons (Fsp3) is 0.923. The van der Waals surface area contributed by atoms with Gasteiger partial charge in [-0.1, -0.05) is 0 Å². The number of nitrogens with zero attached hydrogens (tertiary/aromatic N) is 2. The van der Waals surface area contributed by atoms with Crippen molar-refractivity contribution < 1.29 is 9.53 Å². The average Bonchev–Trinajstić information content (AvgIpc) is 2.43. The third-order valence-corrected chi connectivity index (χ3v) is 3.75. The third kappa shape index (κ3) is 5.44. The van der Waals surface area contributed by atoms with E-state index in [9.17, 15) is 4.79 Å². The molecule has 2 heterocycles. The molecule has 0 spiro atoms. The van der Waals surface area contributed by atoms with Crippen LogP contribution in [0.15, 0.2) is 0 Å². The van der Waals surface area contributed by atoms with Crippen molar-refractivity contribution in [3.05, 3.63) is 0 Å². The van der Waals surface area contributed by atoms with Gasteiger partial charge in [-0.3, -0.25) is 10.2 Å². The van der Waals surface area contributed by atoms with Gasteiger partial charge in [-0.25, -0.2) is 5.01 Å². The first-order chi connectivity index (χ1) is 9.24. The van der Waals surface area contributed by atoms with Crippen molar-refractivity contribution in [2.24, 2.45) is 0 Å². The van der Waals surface area contributed by atoms with Gasteiger partial charge in [0.15, 0.2) is 0 Å². The maximum atomic E-state index is 11.8. The lowest BCUT2D eigenvalue weighted by atomic mass is 10.1. The van der Waals surface area contributed by atoms with E-state index < -0.39 is 0 Å². The zero-order chi connectivity index (χ0) is 13.5. The molecule has 110 valence electrons. The van der Waals surface area contributed by atoms with Gasteiger partial charge in [-0.05, 0) is 33.0 Å². The predicted octanol–water partition coefficient (Wildman–Crippen LogP) is -0.576. The lowest BCUT2D eigenvalue weighted by Crippen LogP contribution is -2.52. The molecule has 2 rings (SSSR count). The molecule has 1 amide bonds. The molecule has 6 heteroatoms. The number of hydrogen-bond donors (Lipinski definition) is 2. The number of likely N-dealkylation sites (N-methyl/N-ethyl adjacent to an activating group) is 1. The Balaban J connectivity index is 1.54. The Labute approximate surface area is 115 Å². The lowest BCUT2D eigenvalue weighted by molar-refractivity contribution is -0.128. The first-order valence-corrected chi connectivity index (χ1v) is 7.29. The van der Waals surface area contributed by atoms with Crippen molar-refractivity contribution >= 4 is 5.91 Å². The van der Waals surface area contributed by atoms with Gasteiger partial charge in [0.1, 0.15) is 0 Å². The molecule has 0 bridgehead atoms. The average molecular weight is 270 g/mol. The smallest absolute Gasteiger partial charge is 0.236 e. The van der Waals surface area contributed by atoms with Crippen LogP contribution in [-0.4, -0.2) is 74.8 Å². The molecule has 0 aromatic heterocycles. The molecule has 0 unspecified atom stereocenters. The summed E-state index contributed by atoms with van der Waals surface area (Å²) in [6.45, 7) is 6.40. The van der Waals surface area contributed by atoms with Gasteiger partial charge in [0.2, 0.25) is 5.91 Å². The Morgan fingerprint density at radius 2 is 1.95 bits per heavy atom. The maximum absolute atomic E-state index is 11.8. The van der Waals surface area contributed by atoms with Crippen molar-refractivity contribution in [1.82, 2.24) is 20.7 Å². The summed E-state index contributed by atoms with van der Waals surface area (Å²) in [6.07, 6.45) is 2.90. The lowest BCUT2D eigenvalue weighted by Gasteiger charge is -2.32. The standard InChI is InChI=1S/C13H26N4O2/c1-16-7-9-17(10-8-16)15-13(18)4-11-19-12-2-5-14-6-3-12/h12,14H,2-11H2,1H3,(H,15,18). The highest BCUT2D eigenvalue weighted by atomic mass is 16.5. The second kappa shape index (κ2) is 7.79. The number of ether oxygens (including phenoxy) is 1. The summed E-state index contributed by atoms with van der Waals surface area (Å²) in [7, 11) is 2.10. The number of piperazine rings is 1. The summed E-state index contributed by atoms with van der Waals surface area (Å²) in [6, 6.07) is 0. The number of hydrogen-bond acceptors (Lipinski definition) is 5. The normalized spacial score (nSPS) is 23.4. The monoisotopic (exact) mass is 270 g/mol. The Morgan fingerprint density at radius 1 is 1.26 bits per heavy atom. The van der Waals surface area contributed by atoms with Crippen molar-refractivity contribution in [3.63, 3.8) is 0 Å². The van der Waals surface area contributed by atoms with Gasteiger partial charge < -0.3 is 15.0 Å². The fourth-order valence-corrected chi connectivity index (χ4v) is 2.43. The number of carbonyl (C=O) groups is 1. The van der Waals surface area contributed by atoms with Crippen molar-refractivity contribution in [1.29, 1.82) is 0 Å². The molecular formula is C13H26N4O2. The van der Waals surface area contributed by atoms with Gasteiger partial charge in [-0.2, -0.15) is 0 Å². The topological polar surface area (TPSA) is 56.8 Å². The molecule has 0 aromatic carbocycles. The van der Waals surface area contributed by atoms with Crippen LogP contribution in [0.25, 0.3) is 0 Å². The minimum Gasteiger partial charge on any atom is -0.378 e. The molecule has 0 aromatic rings. The SMILES string of the molecule is CN1CCN(NC(=O)CCOC2CCNCC2)CC1. The van der Waals surface area contributed by atoms with E-state index in [0.29, 0.717) is 19.1 Å². The van der Waals surface area contributed by atoms with Crippen LogP contribution in [0.4, 0.5) is 0 Å². The Kier molecular flexibility index (Phi) is 6.03. The Bertz CT molecular complexity index is 274. The van der Waals surface area contributed by atoms with Crippen LogP contribution in [0, 0.1) is 0 Å². The first-order valence-electron chi connectivity index (χ1n) is 7.29. The van der Waals surface area contributed by atoms with Crippen LogP contribution in [0.1, 0.15) is 19.3 Å². The van der Waals surface area contributed by atoms with E-state index in [1.165, 1.54) is 0 Å². The second-order valence-corrected chi connectivity index (χ2v) is 5.40. The molecule has 2 N–H and O–H groups in total. The first kappa shape index (κ1) is 14.7. The molecule has 0 saturated carbocycles.